The summed E-state index contributed by atoms with van der Waals surface area (Å²) >= 11 is 0. The molecule has 0 unspecified atom stereocenters. The molecule has 1 amide bonds. The Morgan fingerprint density at radius 2 is 1.85 bits per heavy atom. The van der Waals surface area contributed by atoms with Crippen LogP contribution in [0.25, 0.3) is 11.3 Å². The van der Waals surface area contributed by atoms with E-state index in [-0.39, 0.29) is 12.2 Å². The zero-order valence-corrected chi connectivity index (χ0v) is 17.5. The minimum absolute atomic E-state index is 0.161. The molecule has 1 heterocycles. The van der Waals surface area contributed by atoms with Crippen molar-refractivity contribution in [1.29, 1.82) is 0 Å². The molecule has 0 aliphatic carbocycles. The number of carbonyl (C=O) groups excluding carboxylic acids is 2. The number of halogens is 3. The number of benzene rings is 2. The maximum absolute atomic E-state index is 12.7. The second-order valence-corrected chi connectivity index (χ2v) is 6.73. The van der Waals surface area contributed by atoms with E-state index in [0.29, 0.717) is 23.7 Å². The maximum atomic E-state index is 12.7. The van der Waals surface area contributed by atoms with Gasteiger partial charge in [0.2, 0.25) is 0 Å². The van der Waals surface area contributed by atoms with Crippen LogP contribution >= 0.6 is 0 Å². The van der Waals surface area contributed by atoms with Gasteiger partial charge in [0.25, 0.3) is 5.91 Å². The molecule has 0 radical (unpaired) electrons. The van der Waals surface area contributed by atoms with Crippen molar-refractivity contribution in [2.45, 2.75) is 13.1 Å². The maximum Gasteiger partial charge on any atom is 0.416 e. The summed E-state index contributed by atoms with van der Waals surface area (Å²) in [5.74, 6) is -0.0605. The molecule has 0 atom stereocenters. The fourth-order valence-corrected chi connectivity index (χ4v) is 2.76. The van der Waals surface area contributed by atoms with Gasteiger partial charge in [-0.25, -0.2) is 10.2 Å². The molecule has 0 bridgehead atoms. The average molecular weight is 459 g/mol. The number of anilines is 1. The highest BCUT2D eigenvalue weighted by Gasteiger charge is 2.30. The molecule has 0 fully saturated rings. The number of hydrogen-bond acceptors (Lipinski definition) is 6. The Labute approximate surface area is 187 Å². The molecule has 2 N–H and O–H groups in total. The molecular formula is C23H20F3N3O4. The van der Waals surface area contributed by atoms with Crippen molar-refractivity contribution in [3.05, 3.63) is 77.6 Å². The molecule has 3 rings (SSSR count). The van der Waals surface area contributed by atoms with Gasteiger partial charge in [-0.15, -0.1) is 0 Å². The molecule has 33 heavy (non-hydrogen) atoms. The molecule has 1 aromatic heterocycles. The van der Waals surface area contributed by atoms with Crippen LogP contribution in [-0.4, -0.2) is 31.2 Å². The van der Waals surface area contributed by atoms with Crippen molar-refractivity contribution in [2.24, 2.45) is 5.10 Å². The quantitative estimate of drug-likeness (QED) is 0.289. The summed E-state index contributed by atoms with van der Waals surface area (Å²) in [5, 5.41) is 6.39. The lowest BCUT2D eigenvalue weighted by Gasteiger charge is -2.09. The van der Waals surface area contributed by atoms with Gasteiger partial charge in [-0.05, 0) is 49.4 Å². The van der Waals surface area contributed by atoms with E-state index < -0.39 is 23.6 Å². The van der Waals surface area contributed by atoms with Crippen LogP contribution in [0.5, 0.6) is 0 Å². The van der Waals surface area contributed by atoms with Gasteiger partial charge in [0, 0.05) is 11.3 Å². The first-order chi connectivity index (χ1) is 15.8. The van der Waals surface area contributed by atoms with Crippen LogP contribution in [0.1, 0.15) is 28.6 Å². The van der Waals surface area contributed by atoms with Gasteiger partial charge in [0.05, 0.1) is 30.5 Å². The van der Waals surface area contributed by atoms with Gasteiger partial charge >= 0.3 is 12.1 Å². The summed E-state index contributed by atoms with van der Waals surface area (Å²) in [6.45, 7) is 1.75. The van der Waals surface area contributed by atoms with E-state index in [0.717, 1.165) is 17.7 Å². The molecule has 0 aliphatic heterocycles. The van der Waals surface area contributed by atoms with Crippen molar-refractivity contribution in [1.82, 2.24) is 5.43 Å². The summed E-state index contributed by atoms with van der Waals surface area (Å²) in [6.07, 6.45) is -3.17. The Hall–Kier alpha value is -4.08. The normalized spacial score (nSPS) is 11.4. The minimum atomic E-state index is -4.46. The largest absolute Gasteiger partial charge is 0.462 e. The highest BCUT2D eigenvalue weighted by molar-refractivity contribution is 5.90. The van der Waals surface area contributed by atoms with Crippen LogP contribution in [0.3, 0.4) is 0 Å². The number of furan rings is 1. The van der Waals surface area contributed by atoms with Gasteiger partial charge in [-0.3, -0.25) is 4.79 Å². The van der Waals surface area contributed by atoms with Gasteiger partial charge in [-0.2, -0.15) is 18.3 Å². The van der Waals surface area contributed by atoms with Crippen LogP contribution < -0.4 is 10.7 Å². The molecule has 7 nitrogen and oxygen atoms in total. The van der Waals surface area contributed by atoms with Crippen LogP contribution in [-0.2, 0) is 15.7 Å². The zero-order chi connectivity index (χ0) is 23.8. The van der Waals surface area contributed by atoms with Crippen LogP contribution in [0, 0.1) is 0 Å². The third-order valence-electron chi connectivity index (χ3n) is 4.33. The number of rotatable bonds is 8. The predicted molar refractivity (Wildman–Crippen MR) is 116 cm³/mol. The fraction of sp³-hybridized carbons (Fsp3) is 0.174. The van der Waals surface area contributed by atoms with Crippen molar-refractivity contribution < 1.29 is 31.9 Å². The van der Waals surface area contributed by atoms with E-state index in [1.165, 1.54) is 18.3 Å². The van der Waals surface area contributed by atoms with E-state index in [2.05, 4.69) is 15.8 Å². The lowest BCUT2D eigenvalue weighted by molar-refractivity contribution is -0.137. The molecule has 0 saturated carbocycles. The van der Waals surface area contributed by atoms with E-state index in [1.54, 1.807) is 43.3 Å². The SMILES string of the molecule is CCOC(=O)c1ccc(-c2ccc(/C=N\NC(=O)CNc3cccc(C(F)(F)F)c3)o2)cc1. The molecule has 172 valence electrons. The number of carbonyl (C=O) groups is 2. The summed E-state index contributed by atoms with van der Waals surface area (Å²) in [6, 6.07) is 14.6. The third kappa shape index (κ3) is 6.70. The fourth-order valence-electron chi connectivity index (χ4n) is 2.76. The molecule has 3 aromatic rings. The lowest BCUT2D eigenvalue weighted by atomic mass is 10.1. The van der Waals surface area contributed by atoms with Crippen molar-refractivity contribution in [3.8, 4) is 11.3 Å². The van der Waals surface area contributed by atoms with Gasteiger partial charge in [0.1, 0.15) is 11.5 Å². The van der Waals surface area contributed by atoms with Gasteiger partial charge < -0.3 is 14.5 Å². The summed E-state index contributed by atoms with van der Waals surface area (Å²) in [7, 11) is 0. The molecule has 0 aliphatic rings. The lowest BCUT2D eigenvalue weighted by Crippen LogP contribution is -2.26. The molecule has 0 spiro atoms. The average Bonchev–Trinajstić information content (AvgIpc) is 3.26. The number of ether oxygens (including phenoxy) is 1. The highest BCUT2D eigenvalue weighted by atomic mass is 19.4. The van der Waals surface area contributed by atoms with Gasteiger partial charge in [0.15, 0.2) is 0 Å². The summed E-state index contributed by atoms with van der Waals surface area (Å²) in [4.78, 5) is 23.6. The topological polar surface area (TPSA) is 92.9 Å². The van der Waals surface area contributed by atoms with E-state index in [1.807, 2.05) is 0 Å². The first-order valence-corrected chi connectivity index (χ1v) is 9.86. The number of hydrogen-bond donors (Lipinski definition) is 2. The van der Waals surface area contributed by atoms with Crippen molar-refractivity contribution in [3.63, 3.8) is 0 Å². The highest BCUT2D eigenvalue weighted by Crippen LogP contribution is 2.30. The Morgan fingerprint density at radius 1 is 1.09 bits per heavy atom. The number of nitrogens with one attached hydrogen (secondary N) is 2. The Morgan fingerprint density at radius 3 is 2.55 bits per heavy atom. The Bertz CT molecular complexity index is 1140. The number of esters is 1. The first kappa shape index (κ1) is 23.6. The number of hydrazone groups is 1. The van der Waals surface area contributed by atoms with Crippen LogP contribution in [0.2, 0.25) is 0 Å². The second-order valence-electron chi connectivity index (χ2n) is 6.73. The smallest absolute Gasteiger partial charge is 0.416 e. The molecule has 10 heteroatoms. The Balaban J connectivity index is 1.51. The summed E-state index contributed by atoms with van der Waals surface area (Å²) in [5.41, 5.74) is 2.77. The monoisotopic (exact) mass is 459 g/mol. The number of nitrogens with zero attached hydrogens (tertiary/aromatic N) is 1. The Kier molecular flexibility index (Phi) is 7.50. The van der Waals surface area contributed by atoms with Crippen molar-refractivity contribution >= 4 is 23.8 Å². The molecule has 0 saturated heterocycles. The summed E-state index contributed by atoms with van der Waals surface area (Å²) < 4.78 is 48.8. The van der Waals surface area contributed by atoms with Crippen LogP contribution in [0.4, 0.5) is 18.9 Å². The first-order valence-electron chi connectivity index (χ1n) is 9.86. The number of amides is 1. The van der Waals surface area contributed by atoms with E-state index >= 15 is 0 Å². The predicted octanol–water partition coefficient (Wildman–Crippen LogP) is 4.70. The molecular weight excluding hydrogens is 439 g/mol. The third-order valence-corrected chi connectivity index (χ3v) is 4.33. The molecule has 2 aromatic carbocycles. The van der Waals surface area contributed by atoms with Crippen LogP contribution in [0.15, 0.2) is 70.2 Å². The standard InChI is InChI=1S/C23H20F3N3O4/c1-2-32-22(31)16-8-6-15(7-9-16)20-11-10-19(33-20)13-28-29-21(30)14-27-18-5-3-4-17(12-18)23(24,25)26/h3-13,27H,2,14H2,1H3,(H,29,30)/b28-13-. The zero-order valence-electron chi connectivity index (χ0n) is 17.5. The van der Waals surface area contributed by atoms with Crippen molar-refractivity contribution in [2.75, 3.05) is 18.5 Å². The minimum Gasteiger partial charge on any atom is -0.462 e. The van der Waals surface area contributed by atoms with E-state index in [4.69, 9.17) is 9.15 Å². The second kappa shape index (κ2) is 10.5. The van der Waals surface area contributed by atoms with E-state index in [9.17, 15) is 22.8 Å². The van der Waals surface area contributed by atoms with Gasteiger partial charge in [-0.1, -0.05) is 18.2 Å². The number of alkyl halides is 3.